The van der Waals surface area contributed by atoms with Crippen molar-refractivity contribution in [1.82, 2.24) is 9.88 Å². The maximum atomic E-state index is 13.2. The lowest BCUT2D eigenvalue weighted by atomic mass is 9.88. The first kappa shape index (κ1) is 29.3. The highest BCUT2D eigenvalue weighted by atomic mass is 16.6. The van der Waals surface area contributed by atoms with Crippen molar-refractivity contribution >= 4 is 28.6 Å². The van der Waals surface area contributed by atoms with Gasteiger partial charge in [0.15, 0.2) is 23.1 Å². The third-order valence-electron chi connectivity index (χ3n) is 8.42. The van der Waals surface area contributed by atoms with E-state index in [1.165, 1.54) is 12.0 Å². The smallest absolute Gasteiger partial charge is 0.415 e. The van der Waals surface area contributed by atoms with Crippen molar-refractivity contribution in [2.24, 2.45) is 5.41 Å². The summed E-state index contributed by atoms with van der Waals surface area (Å²) < 4.78 is 17.3. The maximum absolute atomic E-state index is 13.2. The van der Waals surface area contributed by atoms with Gasteiger partial charge in [-0.3, -0.25) is 14.6 Å². The molecule has 1 saturated carbocycles. The van der Waals surface area contributed by atoms with Crippen molar-refractivity contribution in [3.63, 3.8) is 0 Å². The number of carbonyl (C=O) groups is 3. The minimum Gasteiger partial charge on any atom is -0.493 e. The topological polar surface area (TPSA) is 115 Å². The van der Waals surface area contributed by atoms with Crippen LogP contribution in [0.4, 0.5) is 4.79 Å². The number of fused-ring (bicyclic) bond motifs is 1. The quantitative estimate of drug-likeness (QED) is 0.236. The Morgan fingerprint density at radius 2 is 1.57 bits per heavy atom. The molecule has 226 valence electrons. The molecule has 2 fully saturated rings. The summed E-state index contributed by atoms with van der Waals surface area (Å²) in [5.41, 5.74) is 2.56. The summed E-state index contributed by atoms with van der Waals surface area (Å²) in [5, 5.41) is 10.4. The van der Waals surface area contributed by atoms with Gasteiger partial charge >= 0.3 is 6.09 Å². The van der Waals surface area contributed by atoms with Gasteiger partial charge in [-0.05, 0) is 61.6 Å². The molecule has 2 aliphatic rings. The molecule has 1 aliphatic heterocycles. The fourth-order valence-corrected chi connectivity index (χ4v) is 5.58. The highest BCUT2D eigenvalue weighted by molar-refractivity contribution is 6.11. The van der Waals surface area contributed by atoms with Crippen molar-refractivity contribution in [2.45, 2.75) is 45.1 Å². The number of hydrogen-bond donors (Lipinski definition) is 1. The molecule has 1 saturated heterocycles. The second-order valence-electron chi connectivity index (χ2n) is 11.6. The molecule has 1 atom stereocenters. The van der Waals surface area contributed by atoms with Crippen molar-refractivity contribution in [3.8, 4) is 23.0 Å². The zero-order valence-corrected chi connectivity index (χ0v) is 24.7. The van der Waals surface area contributed by atoms with Crippen LogP contribution in [0.1, 0.15) is 36.0 Å². The number of benzene rings is 3. The Kier molecular flexibility index (Phi) is 8.05. The summed E-state index contributed by atoms with van der Waals surface area (Å²) in [4.78, 5) is 44.8. The van der Waals surface area contributed by atoms with E-state index in [1.54, 1.807) is 36.5 Å². The van der Waals surface area contributed by atoms with Crippen molar-refractivity contribution in [3.05, 3.63) is 89.6 Å². The Labute approximate surface area is 255 Å². The number of aliphatic hydroxyl groups is 1. The molecular formula is C35H34N2O7. The van der Waals surface area contributed by atoms with Gasteiger partial charge in [-0.2, -0.15) is 0 Å². The van der Waals surface area contributed by atoms with E-state index >= 15 is 0 Å². The number of hydrogen-bond acceptors (Lipinski definition) is 8. The van der Waals surface area contributed by atoms with Crippen LogP contribution in [0, 0.1) is 12.3 Å². The number of β-amino-alcohol motifs (C(OH)–C–C–N with tert-alkyl or cyclic N) is 1. The summed E-state index contributed by atoms with van der Waals surface area (Å²) in [5.74, 6) is 1.61. The molecule has 0 radical (unpaired) electrons. The number of pyridine rings is 1. The number of likely N-dealkylation sites (tertiary alicyclic amines) is 1. The number of methoxy groups -OCH3 is 1. The van der Waals surface area contributed by atoms with E-state index in [2.05, 4.69) is 4.98 Å². The van der Waals surface area contributed by atoms with Crippen LogP contribution >= 0.6 is 0 Å². The average Bonchev–Trinajstić information content (AvgIpc) is 3.73. The largest absolute Gasteiger partial charge is 0.493 e. The lowest BCUT2D eigenvalue weighted by Gasteiger charge is -2.17. The van der Waals surface area contributed by atoms with E-state index in [-0.39, 0.29) is 36.7 Å². The zero-order chi connectivity index (χ0) is 30.8. The van der Waals surface area contributed by atoms with Crippen LogP contribution in [-0.4, -0.2) is 59.0 Å². The average molecular weight is 595 g/mol. The second-order valence-corrected chi connectivity index (χ2v) is 11.6. The van der Waals surface area contributed by atoms with Gasteiger partial charge in [-0.15, -0.1) is 0 Å². The van der Waals surface area contributed by atoms with Gasteiger partial charge in [0.05, 0.1) is 24.1 Å². The Balaban J connectivity index is 1.12. The van der Waals surface area contributed by atoms with Crippen LogP contribution in [0.5, 0.6) is 23.0 Å². The highest BCUT2D eigenvalue weighted by Gasteiger charge is 2.54. The Morgan fingerprint density at radius 3 is 2.16 bits per heavy atom. The summed E-state index contributed by atoms with van der Waals surface area (Å²) in [6, 6.07) is 20.2. The molecule has 3 aromatic carbocycles. The van der Waals surface area contributed by atoms with Crippen LogP contribution < -0.4 is 14.2 Å². The van der Waals surface area contributed by atoms with E-state index in [1.807, 2.05) is 43.3 Å². The van der Waals surface area contributed by atoms with E-state index in [0.29, 0.717) is 54.0 Å². The molecule has 9 heteroatoms. The zero-order valence-electron chi connectivity index (χ0n) is 24.7. The predicted octanol–water partition coefficient (Wildman–Crippen LogP) is 5.61. The van der Waals surface area contributed by atoms with Gasteiger partial charge < -0.3 is 24.2 Å². The van der Waals surface area contributed by atoms with Crippen LogP contribution in [-0.2, 0) is 22.4 Å². The third kappa shape index (κ3) is 6.14. The monoisotopic (exact) mass is 594 g/mol. The first-order chi connectivity index (χ1) is 21.2. The van der Waals surface area contributed by atoms with Gasteiger partial charge in [0, 0.05) is 43.6 Å². The van der Waals surface area contributed by atoms with Crippen molar-refractivity contribution in [2.75, 3.05) is 20.2 Å². The molecule has 1 aromatic heterocycles. The van der Waals surface area contributed by atoms with E-state index in [4.69, 9.17) is 14.2 Å². The molecule has 1 aliphatic carbocycles. The maximum Gasteiger partial charge on any atom is 0.415 e. The van der Waals surface area contributed by atoms with Gasteiger partial charge in [-0.25, -0.2) is 4.79 Å². The molecule has 1 N–H and O–H groups in total. The van der Waals surface area contributed by atoms with Gasteiger partial charge in [0.2, 0.25) is 0 Å². The molecule has 4 aromatic rings. The molecule has 2 heterocycles. The van der Waals surface area contributed by atoms with E-state index in [0.717, 1.165) is 16.7 Å². The third-order valence-corrected chi connectivity index (χ3v) is 8.42. The molecule has 0 spiro atoms. The number of ketones is 2. The van der Waals surface area contributed by atoms with E-state index in [9.17, 15) is 19.5 Å². The molecule has 0 unspecified atom stereocenters. The number of ether oxygens (including phenoxy) is 3. The van der Waals surface area contributed by atoms with Crippen LogP contribution in [0.2, 0.25) is 0 Å². The lowest BCUT2D eigenvalue weighted by molar-refractivity contribution is -0.133. The number of amides is 1. The minimum atomic E-state index is -0.863. The highest BCUT2D eigenvalue weighted by Crippen LogP contribution is 2.49. The number of aromatic nitrogens is 1. The lowest BCUT2D eigenvalue weighted by Crippen LogP contribution is -2.32. The Hall–Kier alpha value is -4.76. The van der Waals surface area contributed by atoms with Gasteiger partial charge in [0.25, 0.3) is 0 Å². The predicted molar refractivity (Wildman–Crippen MR) is 163 cm³/mol. The number of nitrogens with zero attached hydrogens (tertiary/aromatic N) is 2. The summed E-state index contributed by atoms with van der Waals surface area (Å²) in [6.45, 7) is 2.65. The van der Waals surface area contributed by atoms with Crippen molar-refractivity contribution < 1.29 is 33.7 Å². The van der Waals surface area contributed by atoms with E-state index < -0.39 is 17.6 Å². The number of rotatable bonds is 10. The van der Waals surface area contributed by atoms with Crippen LogP contribution in [0.3, 0.4) is 0 Å². The minimum absolute atomic E-state index is 0.000864. The number of Topliss-reactive ketones (excluding diaryl/α,β-unsaturated/α-hetero) is 2. The standard InChI is InChI=1S/C35H34N2O7/c1-22-3-5-23(6-4-22)17-32(39)35(13-14-35)33(40)18-24-7-9-26(10-8-24)43-29-11-15-36-28-20-31(30(42-2)19-27(28)29)44-34(41)37-16-12-25(38)21-37/h3-11,15,19-20,25,38H,12-14,16-18,21H2,1-2H3/t25-/m1/s1. The Morgan fingerprint density at radius 1 is 0.909 bits per heavy atom. The fourth-order valence-electron chi connectivity index (χ4n) is 5.58. The molecule has 44 heavy (non-hydrogen) atoms. The number of aliphatic hydroxyl groups excluding tert-OH is 1. The van der Waals surface area contributed by atoms with Gasteiger partial charge in [-0.1, -0.05) is 42.0 Å². The summed E-state index contributed by atoms with van der Waals surface area (Å²) >= 11 is 0. The fraction of sp³-hybridized carbons (Fsp3) is 0.314. The van der Waals surface area contributed by atoms with Crippen molar-refractivity contribution in [1.29, 1.82) is 0 Å². The molecular weight excluding hydrogens is 560 g/mol. The SMILES string of the molecule is COc1cc2c(Oc3ccc(CC(=O)C4(C(=O)Cc5ccc(C)cc5)CC4)cc3)ccnc2cc1OC(=O)N1CC[C@@H](O)C1. The molecule has 0 bridgehead atoms. The summed E-state index contributed by atoms with van der Waals surface area (Å²) in [7, 11) is 1.48. The molecule has 6 rings (SSSR count). The Bertz CT molecular complexity index is 1710. The second kappa shape index (κ2) is 12.1. The normalized spacial score (nSPS) is 16.9. The van der Waals surface area contributed by atoms with Crippen LogP contribution in [0.25, 0.3) is 10.9 Å². The summed E-state index contributed by atoms with van der Waals surface area (Å²) in [6.07, 6.45) is 2.68. The van der Waals surface area contributed by atoms with Crippen LogP contribution in [0.15, 0.2) is 72.9 Å². The molecule has 9 nitrogen and oxygen atoms in total. The number of aryl methyl sites for hydroxylation is 1. The first-order valence-corrected chi connectivity index (χ1v) is 14.7. The van der Waals surface area contributed by atoms with Gasteiger partial charge in [0.1, 0.15) is 11.5 Å². The first-order valence-electron chi connectivity index (χ1n) is 14.7. The number of carbonyl (C=O) groups excluding carboxylic acids is 3. The molecule has 1 amide bonds.